The fourth-order valence-corrected chi connectivity index (χ4v) is 5.72. The maximum absolute atomic E-state index is 12.9. The summed E-state index contributed by atoms with van der Waals surface area (Å²) >= 11 is 1.66. The minimum atomic E-state index is 0.0168. The van der Waals surface area contributed by atoms with Gasteiger partial charge in [-0.3, -0.25) is 14.6 Å². The number of nitrogens with zero attached hydrogens (tertiary/aromatic N) is 5. The van der Waals surface area contributed by atoms with Crippen molar-refractivity contribution in [3.05, 3.63) is 62.9 Å². The summed E-state index contributed by atoms with van der Waals surface area (Å²) in [5.41, 5.74) is 3.30. The van der Waals surface area contributed by atoms with Crippen LogP contribution in [0.4, 0.5) is 0 Å². The number of thiophene rings is 1. The number of hydrogen-bond donors (Lipinski definition) is 1. The Hall–Kier alpha value is -2.55. The number of H-pyrrole nitrogens is 1. The molecule has 4 aromatic heterocycles. The van der Waals surface area contributed by atoms with Gasteiger partial charge in [0, 0.05) is 50.0 Å². The van der Waals surface area contributed by atoms with E-state index in [1.807, 2.05) is 24.4 Å². The Morgan fingerprint density at radius 3 is 2.61 bits per heavy atom. The van der Waals surface area contributed by atoms with Crippen LogP contribution < -0.4 is 5.56 Å². The average Bonchev–Trinajstić information content (AvgIpc) is 3.35. The van der Waals surface area contributed by atoms with Gasteiger partial charge in [-0.05, 0) is 37.0 Å². The third kappa shape index (κ3) is 4.74. The Morgan fingerprint density at radius 1 is 1.12 bits per heavy atom. The van der Waals surface area contributed by atoms with E-state index < -0.39 is 0 Å². The summed E-state index contributed by atoms with van der Waals surface area (Å²) in [7, 11) is 0. The van der Waals surface area contributed by atoms with Crippen molar-refractivity contribution in [3.8, 4) is 0 Å². The largest absolute Gasteiger partial charge is 0.309 e. The number of nitrogens with one attached hydrogen (secondary N) is 1. The number of pyridine rings is 1. The molecule has 0 radical (unpaired) electrons. The Morgan fingerprint density at radius 2 is 1.88 bits per heavy atom. The Bertz CT molecular complexity index is 1280. The predicted molar refractivity (Wildman–Crippen MR) is 134 cm³/mol. The van der Waals surface area contributed by atoms with Crippen LogP contribution in [0, 0.1) is 12.8 Å². The average molecular weight is 465 g/mol. The number of aryl methyl sites for hydroxylation is 1. The predicted octanol–water partition coefficient (Wildman–Crippen LogP) is 3.85. The van der Waals surface area contributed by atoms with Gasteiger partial charge >= 0.3 is 0 Å². The van der Waals surface area contributed by atoms with Crippen molar-refractivity contribution in [2.24, 2.45) is 5.92 Å². The number of rotatable bonds is 7. The standard InChI is InChI=1S/C25H32N6OS/c1-4-17(2)13-20-18(3)33-25-23(20)24(32)27-21(28-25)16-30-11-9-29(10-12-30)14-19-15-31-8-6-5-7-22(31)26-19/h5-8,15,17H,4,9-14,16H2,1-3H3,(H,27,28,32). The van der Waals surface area contributed by atoms with Crippen molar-refractivity contribution >= 4 is 27.2 Å². The molecule has 1 aliphatic rings. The maximum Gasteiger partial charge on any atom is 0.259 e. The van der Waals surface area contributed by atoms with Gasteiger partial charge < -0.3 is 9.38 Å². The first-order valence-electron chi connectivity index (χ1n) is 11.9. The summed E-state index contributed by atoms with van der Waals surface area (Å²) in [6, 6.07) is 6.08. The van der Waals surface area contributed by atoms with Crippen LogP contribution in [-0.2, 0) is 19.5 Å². The second kappa shape index (κ2) is 9.37. The first-order valence-corrected chi connectivity index (χ1v) is 12.7. The van der Waals surface area contributed by atoms with Gasteiger partial charge in [0.1, 0.15) is 16.3 Å². The molecule has 5 heterocycles. The van der Waals surface area contributed by atoms with Crippen LogP contribution >= 0.6 is 11.3 Å². The highest BCUT2D eigenvalue weighted by molar-refractivity contribution is 7.18. The zero-order valence-corrected chi connectivity index (χ0v) is 20.5. The Balaban J connectivity index is 1.23. The lowest BCUT2D eigenvalue weighted by Crippen LogP contribution is -2.45. The highest BCUT2D eigenvalue weighted by Crippen LogP contribution is 2.29. The smallest absolute Gasteiger partial charge is 0.259 e. The van der Waals surface area contributed by atoms with E-state index >= 15 is 0 Å². The lowest BCUT2D eigenvalue weighted by molar-refractivity contribution is 0.119. The third-order valence-electron chi connectivity index (χ3n) is 6.80. The monoisotopic (exact) mass is 464 g/mol. The van der Waals surface area contributed by atoms with Gasteiger partial charge in [-0.2, -0.15) is 0 Å². The lowest BCUT2D eigenvalue weighted by Gasteiger charge is -2.33. The Kier molecular flexibility index (Phi) is 6.32. The fraction of sp³-hybridized carbons (Fsp3) is 0.480. The van der Waals surface area contributed by atoms with Crippen molar-refractivity contribution in [2.45, 2.75) is 46.7 Å². The zero-order valence-electron chi connectivity index (χ0n) is 19.7. The Labute approximate surface area is 198 Å². The molecule has 0 bridgehead atoms. The second-order valence-electron chi connectivity index (χ2n) is 9.30. The molecule has 0 aromatic carbocycles. The van der Waals surface area contributed by atoms with Crippen molar-refractivity contribution in [2.75, 3.05) is 26.2 Å². The molecule has 1 atom stereocenters. The molecule has 0 saturated carbocycles. The van der Waals surface area contributed by atoms with E-state index in [9.17, 15) is 4.79 Å². The first kappa shape index (κ1) is 22.3. The normalized spacial score (nSPS) is 16.7. The third-order valence-corrected chi connectivity index (χ3v) is 7.84. The van der Waals surface area contributed by atoms with E-state index in [-0.39, 0.29) is 5.56 Å². The maximum atomic E-state index is 12.9. The summed E-state index contributed by atoms with van der Waals surface area (Å²) in [6.07, 6.45) is 6.21. The van der Waals surface area contributed by atoms with Crippen molar-refractivity contribution in [3.63, 3.8) is 0 Å². The van der Waals surface area contributed by atoms with Gasteiger partial charge in [-0.15, -0.1) is 11.3 Å². The van der Waals surface area contributed by atoms with Gasteiger partial charge in [0.25, 0.3) is 5.56 Å². The fourth-order valence-electron chi connectivity index (χ4n) is 4.64. The van der Waals surface area contributed by atoms with Crippen LogP contribution in [0.25, 0.3) is 15.9 Å². The molecule has 8 heteroatoms. The summed E-state index contributed by atoms with van der Waals surface area (Å²) in [6.45, 7) is 12.0. The number of aromatic amines is 1. The van der Waals surface area contributed by atoms with Crippen LogP contribution in [-0.4, -0.2) is 55.3 Å². The summed E-state index contributed by atoms with van der Waals surface area (Å²) in [5, 5.41) is 0.804. The number of fused-ring (bicyclic) bond motifs is 2. The second-order valence-corrected chi connectivity index (χ2v) is 10.5. The molecule has 4 aromatic rings. The van der Waals surface area contributed by atoms with Gasteiger partial charge in [0.05, 0.1) is 17.6 Å². The molecule has 33 heavy (non-hydrogen) atoms. The molecule has 7 nitrogen and oxygen atoms in total. The molecule has 0 amide bonds. The van der Waals surface area contributed by atoms with Gasteiger partial charge in [-0.25, -0.2) is 9.97 Å². The minimum Gasteiger partial charge on any atom is -0.309 e. The lowest BCUT2D eigenvalue weighted by atomic mass is 9.98. The molecular weight excluding hydrogens is 432 g/mol. The molecule has 1 aliphatic heterocycles. The molecule has 0 spiro atoms. The quantitative estimate of drug-likeness (QED) is 0.450. The van der Waals surface area contributed by atoms with E-state index in [1.54, 1.807) is 11.3 Å². The highest BCUT2D eigenvalue weighted by atomic mass is 32.1. The minimum absolute atomic E-state index is 0.0168. The van der Waals surface area contributed by atoms with Crippen molar-refractivity contribution in [1.29, 1.82) is 0 Å². The van der Waals surface area contributed by atoms with Crippen LogP contribution in [0.1, 0.15) is 42.2 Å². The molecule has 1 N–H and O–H groups in total. The highest BCUT2D eigenvalue weighted by Gasteiger charge is 2.21. The number of imidazole rings is 1. The molecule has 1 fully saturated rings. The van der Waals surface area contributed by atoms with Crippen LogP contribution in [0.15, 0.2) is 35.4 Å². The van der Waals surface area contributed by atoms with E-state index in [4.69, 9.17) is 9.97 Å². The van der Waals surface area contributed by atoms with Crippen LogP contribution in [0.5, 0.6) is 0 Å². The first-order chi connectivity index (χ1) is 16.0. The van der Waals surface area contributed by atoms with Gasteiger partial charge in [0.15, 0.2) is 0 Å². The number of hydrogen-bond acceptors (Lipinski definition) is 6. The molecule has 1 unspecified atom stereocenters. The topological polar surface area (TPSA) is 69.5 Å². The van der Waals surface area contributed by atoms with Gasteiger partial charge in [-0.1, -0.05) is 26.3 Å². The van der Waals surface area contributed by atoms with E-state index in [0.717, 1.165) is 72.9 Å². The summed E-state index contributed by atoms with van der Waals surface area (Å²) in [4.78, 5) is 32.5. The summed E-state index contributed by atoms with van der Waals surface area (Å²) < 4.78 is 2.07. The summed E-state index contributed by atoms with van der Waals surface area (Å²) in [5.74, 6) is 1.34. The number of aromatic nitrogens is 4. The van der Waals surface area contributed by atoms with E-state index in [0.29, 0.717) is 12.5 Å². The van der Waals surface area contributed by atoms with E-state index in [1.165, 1.54) is 10.4 Å². The molecular formula is C25H32N6OS. The molecule has 174 valence electrons. The van der Waals surface area contributed by atoms with Crippen LogP contribution in [0.3, 0.4) is 0 Å². The number of piperazine rings is 1. The van der Waals surface area contributed by atoms with Crippen molar-refractivity contribution in [1.82, 2.24) is 29.2 Å². The van der Waals surface area contributed by atoms with Crippen LogP contribution in [0.2, 0.25) is 0 Å². The van der Waals surface area contributed by atoms with Gasteiger partial charge in [0.2, 0.25) is 0 Å². The molecule has 5 rings (SSSR count). The molecule has 1 saturated heterocycles. The SMILES string of the molecule is CCC(C)Cc1c(C)sc2nc(CN3CCN(Cc4cn5ccccc5n4)CC3)[nH]c(=O)c12. The van der Waals surface area contributed by atoms with E-state index in [2.05, 4.69) is 46.2 Å². The molecule has 0 aliphatic carbocycles. The van der Waals surface area contributed by atoms with Crippen molar-refractivity contribution < 1.29 is 0 Å². The zero-order chi connectivity index (χ0) is 22.9.